The van der Waals surface area contributed by atoms with Crippen molar-refractivity contribution in [1.29, 1.82) is 0 Å². The van der Waals surface area contributed by atoms with Gasteiger partial charge in [0.25, 0.3) is 5.91 Å². The van der Waals surface area contributed by atoms with Gasteiger partial charge < -0.3 is 9.90 Å². The molecule has 1 amide bonds. The van der Waals surface area contributed by atoms with Crippen LogP contribution < -0.4 is 5.11 Å². The molecule has 4 nitrogen and oxygen atoms in total. The predicted octanol–water partition coefficient (Wildman–Crippen LogP) is 1.58. The first-order valence-corrected chi connectivity index (χ1v) is 7.38. The molecule has 6 heteroatoms. The van der Waals surface area contributed by atoms with Crippen molar-refractivity contribution in [2.45, 2.75) is 6.92 Å². The van der Waals surface area contributed by atoms with E-state index in [1.165, 1.54) is 0 Å². The van der Waals surface area contributed by atoms with Crippen molar-refractivity contribution in [1.82, 2.24) is 4.90 Å². The Labute approximate surface area is 132 Å². The van der Waals surface area contributed by atoms with Crippen LogP contribution in [0, 0.1) is 0 Å². The van der Waals surface area contributed by atoms with Crippen molar-refractivity contribution in [3.63, 3.8) is 0 Å². The van der Waals surface area contributed by atoms with Gasteiger partial charge in [-0.1, -0.05) is 60.4 Å². The summed E-state index contributed by atoms with van der Waals surface area (Å²) in [6.45, 7) is 1.36. The number of nitrogens with zero attached hydrogens (tertiary/aromatic N) is 1. The van der Waals surface area contributed by atoms with Crippen molar-refractivity contribution >= 4 is 46.3 Å². The molecular weight excluding hydrogens is 306 g/mol. The highest BCUT2D eigenvalue weighted by atomic mass is 32.2. The third-order valence-corrected chi connectivity index (χ3v) is 4.09. The van der Waals surface area contributed by atoms with E-state index >= 15 is 0 Å². The summed E-state index contributed by atoms with van der Waals surface area (Å²) in [7, 11) is 0. The first-order chi connectivity index (χ1) is 9.97. The van der Waals surface area contributed by atoms with Crippen LogP contribution in [0.2, 0.25) is 0 Å². The average Bonchev–Trinajstić information content (AvgIpc) is 2.67. The van der Waals surface area contributed by atoms with Crippen molar-refractivity contribution in [2.75, 3.05) is 6.54 Å². The zero-order valence-electron chi connectivity index (χ0n) is 11.2. The van der Waals surface area contributed by atoms with Gasteiger partial charge in [-0.2, -0.15) is 0 Å². The number of carbonyl (C=O) groups is 2. The molecule has 1 aromatic rings. The fourth-order valence-corrected chi connectivity index (χ4v) is 3.13. The molecule has 0 unspecified atom stereocenters. The standard InChI is InChI=1S/C15H13NO3S2/c1-10(7-11-5-3-2-4-6-11)8-12-14(19)16(9-13(17)18)15(20)21-12/h2-8H,9H2,1H3,(H,17,18)/p-1/b10-7+,12-8+. The molecule has 1 heterocycles. The Hall–Kier alpha value is -1.92. The van der Waals surface area contributed by atoms with Gasteiger partial charge in [0.1, 0.15) is 4.32 Å². The summed E-state index contributed by atoms with van der Waals surface area (Å²) in [4.78, 5) is 24.1. The maximum absolute atomic E-state index is 12.1. The zero-order chi connectivity index (χ0) is 15.4. The Kier molecular flexibility index (Phi) is 4.93. The molecule has 108 valence electrons. The van der Waals surface area contributed by atoms with E-state index in [0.29, 0.717) is 4.91 Å². The lowest BCUT2D eigenvalue weighted by atomic mass is 10.1. The molecule has 0 saturated carbocycles. The second-order valence-corrected chi connectivity index (χ2v) is 6.11. The molecule has 1 aromatic carbocycles. The number of carboxylic acid groups (broad SMARTS) is 1. The van der Waals surface area contributed by atoms with Crippen LogP contribution in [0.15, 0.2) is 46.9 Å². The Morgan fingerprint density at radius 1 is 1.38 bits per heavy atom. The van der Waals surface area contributed by atoms with Crippen molar-refractivity contribution in [3.05, 3.63) is 52.4 Å². The fraction of sp³-hybridized carbons (Fsp3) is 0.133. The molecule has 0 aliphatic carbocycles. The third-order valence-electron chi connectivity index (χ3n) is 2.71. The van der Waals surface area contributed by atoms with Crippen LogP contribution in [-0.2, 0) is 9.59 Å². The molecule has 2 rings (SSSR count). The highest BCUT2D eigenvalue weighted by Gasteiger charge is 2.31. The number of carboxylic acids is 1. The van der Waals surface area contributed by atoms with E-state index in [1.54, 1.807) is 6.08 Å². The van der Waals surface area contributed by atoms with Crippen LogP contribution in [0.4, 0.5) is 0 Å². The summed E-state index contributed by atoms with van der Waals surface area (Å²) in [5.41, 5.74) is 1.91. The lowest BCUT2D eigenvalue weighted by molar-refractivity contribution is -0.305. The molecule has 0 spiro atoms. The van der Waals surface area contributed by atoms with E-state index in [2.05, 4.69) is 0 Å². The van der Waals surface area contributed by atoms with Crippen LogP contribution in [0.1, 0.15) is 12.5 Å². The summed E-state index contributed by atoms with van der Waals surface area (Å²) in [5.74, 6) is -1.72. The van der Waals surface area contributed by atoms with Gasteiger partial charge in [0.05, 0.1) is 17.4 Å². The van der Waals surface area contributed by atoms with Crippen LogP contribution in [0.3, 0.4) is 0 Å². The maximum Gasteiger partial charge on any atom is 0.266 e. The summed E-state index contributed by atoms with van der Waals surface area (Å²) < 4.78 is 0.239. The lowest BCUT2D eigenvalue weighted by Crippen LogP contribution is -2.40. The Morgan fingerprint density at radius 2 is 2.05 bits per heavy atom. The zero-order valence-corrected chi connectivity index (χ0v) is 12.9. The number of hydrogen-bond acceptors (Lipinski definition) is 5. The van der Waals surface area contributed by atoms with Gasteiger partial charge >= 0.3 is 0 Å². The number of hydrogen-bond donors (Lipinski definition) is 0. The van der Waals surface area contributed by atoms with E-state index in [9.17, 15) is 14.7 Å². The van der Waals surface area contributed by atoms with Gasteiger partial charge in [-0.25, -0.2) is 0 Å². The minimum atomic E-state index is -1.33. The average molecular weight is 318 g/mol. The second kappa shape index (κ2) is 6.69. The number of rotatable bonds is 4. The quantitative estimate of drug-likeness (QED) is 0.623. The third kappa shape index (κ3) is 4.03. The van der Waals surface area contributed by atoms with Crippen LogP contribution in [-0.4, -0.2) is 27.6 Å². The first kappa shape index (κ1) is 15.5. The normalized spacial score (nSPS) is 17.7. The molecular formula is C15H12NO3S2-. The topological polar surface area (TPSA) is 60.4 Å². The van der Waals surface area contributed by atoms with E-state index < -0.39 is 18.4 Å². The summed E-state index contributed by atoms with van der Waals surface area (Å²) in [5, 5.41) is 10.6. The van der Waals surface area contributed by atoms with Gasteiger partial charge in [-0.05, 0) is 24.1 Å². The van der Waals surface area contributed by atoms with Crippen LogP contribution >= 0.6 is 24.0 Å². The Bertz CT molecular complexity index is 650. The molecule has 1 saturated heterocycles. The SMILES string of the molecule is CC(=C\c1ccccc1)/C=C1/SC(=S)N(CC(=O)[O-])C1=O. The molecule has 0 atom stereocenters. The van der Waals surface area contributed by atoms with Crippen LogP contribution in [0.25, 0.3) is 6.08 Å². The number of carbonyl (C=O) groups excluding carboxylic acids is 2. The lowest BCUT2D eigenvalue weighted by Gasteiger charge is -2.14. The summed E-state index contributed by atoms with van der Waals surface area (Å²) in [6.07, 6.45) is 3.65. The minimum absolute atomic E-state index is 0.239. The Morgan fingerprint density at radius 3 is 2.67 bits per heavy atom. The smallest absolute Gasteiger partial charge is 0.266 e. The van der Waals surface area contributed by atoms with Gasteiger partial charge in [-0.15, -0.1) is 0 Å². The monoisotopic (exact) mass is 318 g/mol. The fourth-order valence-electron chi connectivity index (χ4n) is 1.83. The molecule has 21 heavy (non-hydrogen) atoms. The van der Waals surface area contributed by atoms with E-state index in [0.717, 1.165) is 27.8 Å². The van der Waals surface area contributed by atoms with Gasteiger partial charge in [0.15, 0.2) is 0 Å². The number of thioether (sulfide) groups is 1. The Balaban J connectivity index is 2.18. The van der Waals surface area contributed by atoms with Gasteiger partial charge in [0.2, 0.25) is 0 Å². The molecule has 1 aliphatic rings. The minimum Gasteiger partial charge on any atom is -0.548 e. The first-order valence-electron chi connectivity index (χ1n) is 6.16. The molecule has 0 bridgehead atoms. The van der Waals surface area contributed by atoms with E-state index in [1.807, 2.05) is 43.3 Å². The molecule has 1 fully saturated rings. The second-order valence-electron chi connectivity index (χ2n) is 4.44. The molecule has 0 radical (unpaired) electrons. The highest BCUT2D eigenvalue weighted by molar-refractivity contribution is 8.26. The number of benzene rings is 1. The van der Waals surface area contributed by atoms with Gasteiger partial charge in [0, 0.05) is 0 Å². The van der Waals surface area contributed by atoms with Gasteiger partial charge in [-0.3, -0.25) is 9.69 Å². The van der Waals surface area contributed by atoms with E-state index in [4.69, 9.17) is 12.2 Å². The highest BCUT2D eigenvalue weighted by Crippen LogP contribution is 2.31. The van der Waals surface area contributed by atoms with Crippen LogP contribution in [0.5, 0.6) is 0 Å². The van der Waals surface area contributed by atoms with Crippen molar-refractivity contribution in [3.8, 4) is 0 Å². The molecule has 1 aliphatic heterocycles. The number of allylic oxidation sites excluding steroid dienone is 2. The van der Waals surface area contributed by atoms with Crippen molar-refractivity contribution < 1.29 is 14.7 Å². The number of amides is 1. The largest absolute Gasteiger partial charge is 0.548 e. The molecule has 0 N–H and O–H groups in total. The summed E-state index contributed by atoms with van der Waals surface area (Å²) in [6, 6.07) is 9.70. The number of thiocarbonyl (C=S) groups is 1. The molecule has 0 aromatic heterocycles. The van der Waals surface area contributed by atoms with E-state index in [-0.39, 0.29) is 4.32 Å². The van der Waals surface area contributed by atoms with Crippen molar-refractivity contribution in [2.24, 2.45) is 0 Å². The number of aliphatic carboxylic acids is 1. The maximum atomic E-state index is 12.1. The predicted molar refractivity (Wildman–Crippen MR) is 85.1 cm³/mol. The summed E-state index contributed by atoms with van der Waals surface area (Å²) >= 11 is 6.11.